The van der Waals surface area contributed by atoms with Crippen LogP contribution in [0.15, 0.2) is 96.7 Å². The number of para-hydroxylation sites is 1. The lowest BCUT2D eigenvalue weighted by Gasteiger charge is -2.32. The summed E-state index contributed by atoms with van der Waals surface area (Å²) in [6.45, 7) is 2.98. The maximum absolute atomic E-state index is 12.3. The van der Waals surface area contributed by atoms with Gasteiger partial charge in [-0.05, 0) is 17.2 Å². The van der Waals surface area contributed by atoms with Crippen LogP contribution in [0.1, 0.15) is 30.5 Å². The van der Waals surface area contributed by atoms with Gasteiger partial charge in [0.2, 0.25) is 0 Å². The molecule has 0 radical (unpaired) electrons. The Morgan fingerprint density at radius 3 is 1.78 bits per heavy atom. The number of hydrogen-bond donors (Lipinski definition) is 2. The first-order chi connectivity index (χ1) is 15.3. The van der Waals surface area contributed by atoms with E-state index in [4.69, 9.17) is 9.47 Å². The summed E-state index contributed by atoms with van der Waals surface area (Å²) in [5.41, 5.74) is 0.660. The molecule has 0 spiro atoms. The van der Waals surface area contributed by atoms with Crippen molar-refractivity contribution in [2.75, 3.05) is 5.32 Å². The third-order valence-electron chi connectivity index (χ3n) is 5.19. The average molecular weight is 429 g/mol. The Morgan fingerprint density at radius 1 is 0.781 bits per heavy atom. The normalized spacial score (nSPS) is 15.5. The minimum atomic E-state index is -1.49. The summed E-state index contributed by atoms with van der Waals surface area (Å²) in [5.74, 6) is -2.88. The van der Waals surface area contributed by atoms with Gasteiger partial charge in [0.1, 0.15) is 5.60 Å². The van der Waals surface area contributed by atoms with E-state index in [9.17, 15) is 14.7 Å². The van der Waals surface area contributed by atoms with E-state index >= 15 is 0 Å². The Morgan fingerprint density at radius 2 is 1.25 bits per heavy atom. The highest BCUT2D eigenvalue weighted by atomic mass is 16.7. The number of cyclic esters (lactones) is 2. The van der Waals surface area contributed by atoms with Crippen molar-refractivity contribution in [1.82, 2.24) is 0 Å². The second kappa shape index (κ2) is 8.32. The number of rotatable bonds is 5. The molecule has 1 heterocycles. The van der Waals surface area contributed by atoms with Crippen LogP contribution in [0.4, 0.5) is 5.69 Å². The van der Waals surface area contributed by atoms with Gasteiger partial charge in [-0.3, -0.25) is 0 Å². The number of ether oxygens (including phenoxy) is 2. The standard InChI is InChI=1S/C26H23NO5/c1-25(2)31-23(28)20(24(29)32-25)17-27-22-16-10-9-15-21(22)26(30,18-11-5-3-6-12-18)19-13-7-4-8-14-19/h3-17,27,30H,1-2H3. The molecule has 0 aliphatic carbocycles. The molecular weight excluding hydrogens is 406 g/mol. The molecule has 6 heteroatoms. The molecular formula is C26H23NO5. The lowest BCUT2D eigenvalue weighted by Crippen LogP contribution is -2.42. The fraction of sp³-hybridized carbons (Fsp3) is 0.154. The first-order valence-corrected chi connectivity index (χ1v) is 10.2. The number of hydrogen-bond acceptors (Lipinski definition) is 6. The number of nitrogens with one attached hydrogen (secondary N) is 1. The lowest BCUT2D eigenvalue weighted by atomic mass is 9.79. The molecule has 0 amide bonds. The van der Waals surface area contributed by atoms with Crippen molar-refractivity contribution in [3.63, 3.8) is 0 Å². The van der Waals surface area contributed by atoms with Gasteiger partial charge in [-0.25, -0.2) is 9.59 Å². The number of benzene rings is 3. The molecule has 1 fully saturated rings. The van der Waals surface area contributed by atoms with Gasteiger partial charge in [-0.2, -0.15) is 0 Å². The quantitative estimate of drug-likeness (QED) is 0.275. The van der Waals surface area contributed by atoms with Crippen LogP contribution in [0.25, 0.3) is 0 Å². The highest BCUT2D eigenvalue weighted by molar-refractivity contribution is 6.15. The van der Waals surface area contributed by atoms with Gasteiger partial charge >= 0.3 is 11.9 Å². The van der Waals surface area contributed by atoms with E-state index in [-0.39, 0.29) is 5.57 Å². The minimum absolute atomic E-state index is 0.262. The van der Waals surface area contributed by atoms with Gasteiger partial charge in [-0.1, -0.05) is 78.9 Å². The Hall–Kier alpha value is -3.90. The van der Waals surface area contributed by atoms with E-state index in [0.29, 0.717) is 22.4 Å². The van der Waals surface area contributed by atoms with Crippen molar-refractivity contribution in [1.29, 1.82) is 0 Å². The number of esters is 2. The Kier molecular flexibility index (Phi) is 5.55. The molecule has 0 unspecified atom stereocenters. The molecule has 1 saturated heterocycles. The van der Waals surface area contributed by atoms with Gasteiger partial charge < -0.3 is 19.9 Å². The molecule has 4 rings (SSSR count). The summed E-state index contributed by atoms with van der Waals surface area (Å²) in [6.07, 6.45) is 1.25. The van der Waals surface area contributed by atoms with Crippen LogP contribution in [0.5, 0.6) is 0 Å². The zero-order chi connectivity index (χ0) is 22.8. The molecule has 3 aromatic rings. The van der Waals surface area contributed by atoms with Crippen molar-refractivity contribution in [2.24, 2.45) is 0 Å². The van der Waals surface area contributed by atoms with Crippen LogP contribution in [-0.2, 0) is 24.7 Å². The number of carbonyl (C=O) groups excluding carboxylic acids is 2. The Bertz CT molecular complexity index is 1110. The van der Waals surface area contributed by atoms with Crippen LogP contribution in [0.2, 0.25) is 0 Å². The molecule has 1 aliphatic rings. The van der Waals surface area contributed by atoms with E-state index in [0.717, 1.165) is 0 Å². The van der Waals surface area contributed by atoms with Gasteiger partial charge in [0.05, 0.1) is 0 Å². The third-order valence-corrected chi connectivity index (χ3v) is 5.19. The van der Waals surface area contributed by atoms with Crippen molar-refractivity contribution in [3.8, 4) is 0 Å². The molecule has 0 saturated carbocycles. The van der Waals surface area contributed by atoms with Crippen LogP contribution in [0.3, 0.4) is 0 Å². The van der Waals surface area contributed by atoms with Gasteiger partial charge in [-0.15, -0.1) is 0 Å². The fourth-order valence-electron chi connectivity index (χ4n) is 3.69. The van der Waals surface area contributed by atoms with E-state index in [2.05, 4.69) is 5.32 Å². The van der Waals surface area contributed by atoms with E-state index in [1.807, 2.05) is 66.7 Å². The molecule has 3 aromatic carbocycles. The van der Waals surface area contributed by atoms with Crippen LogP contribution >= 0.6 is 0 Å². The smallest absolute Gasteiger partial charge is 0.350 e. The number of aliphatic hydroxyl groups is 1. The Labute approximate surface area is 186 Å². The van der Waals surface area contributed by atoms with Gasteiger partial charge in [0.15, 0.2) is 5.57 Å². The topological polar surface area (TPSA) is 84.9 Å². The Balaban J connectivity index is 1.78. The van der Waals surface area contributed by atoms with Crippen molar-refractivity contribution in [2.45, 2.75) is 25.2 Å². The fourth-order valence-corrected chi connectivity index (χ4v) is 3.69. The predicted molar refractivity (Wildman–Crippen MR) is 119 cm³/mol. The summed E-state index contributed by atoms with van der Waals surface area (Å²) in [7, 11) is 0. The SMILES string of the molecule is CC1(C)OC(=O)C(=CNc2ccccc2C(O)(c2ccccc2)c2ccccc2)C(=O)O1. The second-order valence-electron chi connectivity index (χ2n) is 7.87. The molecule has 2 N–H and O–H groups in total. The summed E-state index contributed by atoms with van der Waals surface area (Å²) in [5, 5.41) is 15.1. The average Bonchev–Trinajstić information content (AvgIpc) is 2.79. The van der Waals surface area contributed by atoms with E-state index < -0.39 is 23.3 Å². The zero-order valence-electron chi connectivity index (χ0n) is 17.7. The molecule has 162 valence electrons. The van der Waals surface area contributed by atoms with Crippen LogP contribution in [0, 0.1) is 0 Å². The molecule has 32 heavy (non-hydrogen) atoms. The first kappa shape index (κ1) is 21.3. The third kappa shape index (κ3) is 4.00. The van der Waals surface area contributed by atoms with Crippen molar-refractivity contribution >= 4 is 17.6 Å². The summed E-state index contributed by atoms with van der Waals surface area (Å²) >= 11 is 0. The zero-order valence-corrected chi connectivity index (χ0v) is 17.7. The summed E-state index contributed by atoms with van der Waals surface area (Å²) in [6, 6.07) is 25.7. The first-order valence-electron chi connectivity index (χ1n) is 10.2. The second-order valence-corrected chi connectivity index (χ2v) is 7.87. The van der Waals surface area contributed by atoms with Crippen LogP contribution in [-0.4, -0.2) is 22.8 Å². The molecule has 0 bridgehead atoms. The number of carbonyl (C=O) groups is 2. The predicted octanol–water partition coefficient (Wildman–Crippen LogP) is 4.10. The van der Waals surface area contributed by atoms with Crippen molar-refractivity contribution in [3.05, 3.63) is 113 Å². The molecule has 0 aromatic heterocycles. The lowest BCUT2D eigenvalue weighted by molar-refractivity contribution is -0.222. The summed E-state index contributed by atoms with van der Waals surface area (Å²) in [4.78, 5) is 24.6. The molecule has 1 aliphatic heterocycles. The largest absolute Gasteiger partial charge is 0.419 e. The summed E-state index contributed by atoms with van der Waals surface area (Å²) < 4.78 is 10.3. The van der Waals surface area contributed by atoms with E-state index in [1.54, 1.807) is 18.2 Å². The van der Waals surface area contributed by atoms with Gasteiger partial charge in [0.25, 0.3) is 5.79 Å². The van der Waals surface area contributed by atoms with E-state index in [1.165, 1.54) is 20.0 Å². The van der Waals surface area contributed by atoms with Crippen LogP contribution < -0.4 is 5.32 Å². The molecule has 0 atom stereocenters. The maximum Gasteiger partial charge on any atom is 0.350 e. The van der Waals surface area contributed by atoms with Gasteiger partial charge in [0, 0.05) is 31.3 Å². The minimum Gasteiger partial charge on any atom is -0.419 e. The maximum atomic E-state index is 12.3. The van der Waals surface area contributed by atoms with Crippen molar-refractivity contribution < 1.29 is 24.2 Å². The highest BCUT2D eigenvalue weighted by Crippen LogP contribution is 2.40. The number of anilines is 1. The highest BCUT2D eigenvalue weighted by Gasteiger charge is 2.39. The molecule has 6 nitrogen and oxygen atoms in total. The monoisotopic (exact) mass is 429 g/mol.